The van der Waals surface area contributed by atoms with E-state index in [1.807, 2.05) is 12.4 Å². The summed E-state index contributed by atoms with van der Waals surface area (Å²) in [5.74, 6) is 1.22. The molecule has 0 aliphatic heterocycles. The van der Waals surface area contributed by atoms with E-state index in [1.54, 1.807) is 0 Å². The van der Waals surface area contributed by atoms with E-state index in [-0.39, 0.29) is 0 Å². The first-order valence-corrected chi connectivity index (χ1v) is 4.31. The highest BCUT2D eigenvalue weighted by Crippen LogP contribution is 1.96. The van der Waals surface area contributed by atoms with Crippen molar-refractivity contribution >= 4 is 0 Å². The molecule has 0 spiro atoms. The Hall–Kier alpha value is -1.30. The van der Waals surface area contributed by atoms with Crippen molar-refractivity contribution in [3.8, 4) is 6.07 Å². The molecule has 0 atom stereocenters. The van der Waals surface area contributed by atoms with Crippen molar-refractivity contribution in [1.29, 1.82) is 5.26 Å². The second kappa shape index (κ2) is 4.55. The molecule has 1 aromatic heterocycles. The zero-order valence-corrected chi connectivity index (χ0v) is 7.38. The molecular weight excluding hydrogens is 150 g/mol. The number of aromatic amines is 1. The lowest BCUT2D eigenvalue weighted by molar-refractivity contribution is -0.699. The van der Waals surface area contributed by atoms with Crippen molar-refractivity contribution in [2.24, 2.45) is 0 Å². The van der Waals surface area contributed by atoms with Gasteiger partial charge in [0.25, 0.3) is 5.82 Å². The van der Waals surface area contributed by atoms with Gasteiger partial charge in [-0.05, 0) is 13.3 Å². The van der Waals surface area contributed by atoms with Crippen LogP contribution in [-0.4, -0.2) is 4.98 Å². The third-order valence-electron chi connectivity index (χ3n) is 1.89. The fourth-order valence-electron chi connectivity index (χ4n) is 1.24. The van der Waals surface area contributed by atoms with E-state index in [2.05, 4.69) is 22.5 Å². The first-order valence-electron chi connectivity index (χ1n) is 4.31. The van der Waals surface area contributed by atoms with Gasteiger partial charge in [0, 0.05) is 6.42 Å². The number of imidazole rings is 1. The number of aromatic nitrogens is 2. The van der Waals surface area contributed by atoms with E-state index in [0.717, 1.165) is 19.4 Å². The van der Waals surface area contributed by atoms with Crippen LogP contribution in [-0.2, 0) is 13.0 Å². The Bertz CT molecular complexity index is 270. The van der Waals surface area contributed by atoms with Gasteiger partial charge in [-0.25, -0.2) is 9.55 Å². The van der Waals surface area contributed by atoms with Crippen molar-refractivity contribution in [2.75, 3.05) is 0 Å². The number of nitrogens with zero attached hydrogens (tertiary/aromatic N) is 2. The zero-order chi connectivity index (χ0) is 8.81. The summed E-state index contributed by atoms with van der Waals surface area (Å²) in [6.07, 6.45) is 6.51. The average molecular weight is 164 g/mol. The van der Waals surface area contributed by atoms with E-state index >= 15 is 0 Å². The molecule has 0 fully saturated rings. The van der Waals surface area contributed by atoms with Gasteiger partial charge < -0.3 is 0 Å². The smallest absolute Gasteiger partial charge is 0.248 e. The monoisotopic (exact) mass is 164 g/mol. The van der Waals surface area contributed by atoms with Gasteiger partial charge >= 0.3 is 0 Å². The standard InChI is InChI=1S/C9H13N3/c1-2-12-8-7-11-9(12)5-3-4-6-10/h7-8H,2-5H2,1H3/p+1. The minimum Gasteiger partial charge on any atom is -0.248 e. The highest BCUT2D eigenvalue weighted by molar-refractivity contribution is 4.79. The van der Waals surface area contributed by atoms with Crippen LogP contribution in [0.25, 0.3) is 0 Å². The van der Waals surface area contributed by atoms with Gasteiger partial charge in [0.15, 0.2) is 0 Å². The van der Waals surface area contributed by atoms with Gasteiger partial charge in [-0.15, -0.1) is 0 Å². The molecule has 0 aromatic carbocycles. The van der Waals surface area contributed by atoms with Crippen molar-refractivity contribution in [1.82, 2.24) is 4.98 Å². The zero-order valence-electron chi connectivity index (χ0n) is 7.38. The lowest BCUT2D eigenvalue weighted by Gasteiger charge is -1.94. The molecule has 3 heteroatoms. The molecule has 0 saturated carbocycles. The number of hydrogen-bond donors (Lipinski definition) is 1. The van der Waals surface area contributed by atoms with Gasteiger partial charge in [0.1, 0.15) is 12.4 Å². The van der Waals surface area contributed by atoms with E-state index < -0.39 is 0 Å². The molecule has 12 heavy (non-hydrogen) atoms. The normalized spacial score (nSPS) is 9.67. The summed E-state index contributed by atoms with van der Waals surface area (Å²) >= 11 is 0. The van der Waals surface area contributed by atoms with E-state index in [1.165, 1.54) is 5.82 Å². The van der Waals surface area contributed by atoms with Crippen LogP contribution in [0.15, 0.2) is 12.4 Å². The van der Waals surface area contributed by atoms with Crippen LogP contribution >= 0.6 is 0 Å². The van der Waals surface area contributed by atoms with Crippen LogP contribution in [0.1, 0.15) is 25.6 Å². The molecule has 0 unspecified atom stereocenters. The minimum atomic E-state index is 0.642. The maximum absolute atomic E-state index is 8.35. The Labute approximate surface area is 72.7 Å². The minimum absolute atomic E-state index is 0.642. The Balaban J connectivity index is 2.46. The summed E-state index contributed by atoms with van der Waals surface area (Å²) in [6, 6.07) is 2.14. The second-order valence-corrected chi connectivity index (χ2v) is 2.70. The molecule has 0 radical (unpaired) electrons. The predicted molar refractivity (Wildman–Crippen MR) is 45.2 cm³/mol. The van der Waals surface area contributed by atoms with Gasteiger partial charge in [0.2, 0.25) is 0 Å². The third kappa shape index (κ3) is 2.09. The summed E-state index contributed by atoms with van der Waals surface area (Å²) in [4.78, 5) is 3.17. The summed E-state index contributed by atoms with van der Waals surface area (Å²) in [7, 11) is 0. The maximum atomic E-state index is 8.35. The average Bonchev–Trinajstić information content (AvgIpc) is 2.52. The largest absolute Gasteiger partial charge is 0.254 e. The van der Waals surface area contributed by atoms with E-state index in [0.29, 0.717) is 6.42 Å². The molecule has 0 aliphatic rings. The van der Waals surface area contributed by atoms with Gasteiger partial charge in [-0.1, -0.05) is 0 Å². The molecular formula is C9H14N3+. The summed E-state index contributed by atoms with van der Waals surface area (Å²) in [5, 5.41) is 8.35. The molecule has 0 bridgehead atoms. The Morgan fingerprint density at radius 1 is 1.67 bits per heavy atom. The topological polar surface area (TPSA) is 43.5 Å². The number of unbranched alkanes of at least 4 members (excludes halogenated alkanes) is 1. The quantitative estimate of drug-likeness (QED) is 0.527. The molecule has 1 heterocycles. The molecule has 3 nitrogen and oxygen atoms in total. The fourth-order valence-corrected chi connectivity index (χ4v) is 1.24. The molecule has 1 rings (SSSR count). The third-order valence-corrected chi connectivity index (χ3v) is 1.89. The molecule has 1 N–H and O–H groups in total. The SMILES string of the molecule is CC[n+]1cc[nH]c1CCCC#N. The van der Waals surface area contributed by atoms with Crippen LogP contribution in [0.4, 0.5) is 0 Å². The van der Waals surface area contributed by atoms with Crippen LogP contribution in [0.5, 0.6) is 0 Å². The van der Waals surface area contributed by atoms with Crippen LogP contribution in [0.3, 0.4) is 0 Å². The molecule has 0 saturated heterocycles. The predicted octanol–water partition coefficient (Wildman–Crippen LogP) is 1.17. The van der Waals surface area contributed by atoms with Crippen molar-refractivity contribution in [3.63, 3.8) is 0 Å². The fraction of sp³-hybridized carbons (Fsp3) is 0.556. The number of nitriles is 1. The van der Waals surface area contributed by atoms with Crippen LogP contribution < -0.4 is 4.57 Å². The second-order valence-electron chi connectivity index (χ2n) is 2.70. The van der Waals surface area contributed by atoms with Gasteiger partial charge in [-0.2, -0.15) is 5.26 Å². The highest BCUT2D eigenvalue weighted by atomic mass is 15.0. The Kier molecular flexibility index (Phi) is 3.34. The van der Waals surface area contributed by atoms with E-state index in [9.17, 15) is 0 Å². The van der Waals surface area contributed by atoms with Gasteiger partial charge in [-0.3, -0.25) is 0 Å². The summed E-state index contributed by atoms with van der Waals surface area (Å²) in [5.41, 5.74) is 0. The van der Waals surface area contributed by atoms with Gasteiger partial charge in [0.05, 0.1) is 19.0 Å². The first kappa shape index (κ1) is 8.79. The van der Waals surface area contributed by atoms with Crippen molar-refractivity contribution < 1.29 is 4.57 Å². The number of aryl methyl sites for hydroxylation is 2. The lowest BCUT2D eigenvalue weighted by atomic mass is 10.2. The molecule has 0 aliphatic carbocycles. The van der Waals surface area contributed by atoms with Crippen molar-refractivity contribution in [3.05, 3.63) is 18.2 Å². The molecule has 0 amide bonds. The Morgan fingerprint density at radius 2 is 2.50 bits per heavy atom. The molecule has 1 aromatic rings. The van der Waals surface area contributed by atoms with Crippen LogP contribution in [0, 0.1) is 11.3 Å². The molecule has 64 valence electrons. The maximum Gasteiger partial charge on any atom is 0.254 e. The Morgan fingerprint density at radius 3 is 3.17 bits per heavy atom. The number of H-pyrrole nitrogens is 1. The highest BCUT2D eigenvalue weighted by Gasteiger charge is 2.06. The van der Waals surface area contributed by atoms with Crippen molar-refractivity contribution in [2.45, 2.75) is 32.7 Å². The van der Waals surface area contributed by atoms with Crippen LogP contribution in [0.2, 0.25) is 0 Å². The number of hydrogen-bond acceptors (Lipinski definition) is 1. The number of rotatable bonds is 4. The lowest BCUT2D eigenvalue weighted by Crippen LogP contribution is -2.34. The summed E-state index contributed by atoms with van der Waals surface area (Å²) in [6.45, 7) is 3.10. The number of nitrogens with one attached hydrogen (secondary N) is 1. The first-order chi connectivity index (χ1) is 5.88. The summed E-state index contributed by atoms with van der Waals surface area (Å²) < 4.78 is 2.16. The van der Waals surface area contributed by atoms with E-state index in [4.69, 9.17) is 5.26 Å².